The van der Waals surface area contributed by atoms with Gasteiger partial charge in [0.2, 0.25) is 0 Å². The lowest BCUT2D eigenvalue weighted by Gasteiger charge is -2.16. The van der Waals surface area contributed by atoms with E-state index in [1.807, 2.05) is 0 Å². The van der Waals surface area contributed by atoms with Gasteiger partial charge >= 0.3 is 35.8 Å². The molecule has 0 radical (unpaired) electrons. The molecule has 0 heterocycles. The van der Waals surface area contributed by atoms with Gasteiger partial charge in [0.15, 0.2) is 0 Å². The molecule has 182 valence electrons. The van der Waals surface area contributed by atoms with E-state index >= 15 is 0 Å². The smallest absolute Gasteiger partial charge is 0.337 e. The molecular weight excluding hydrogens is 480 g/mol. The van der Waals surface area contributed by atoms with Crippen LogP contribution in [0, 0.1) is 0 Å². The van der Waals surface area contributed by atoms with Crippen LogP contribution in [0.15, 0.2) is 48.5 Å². The Hall–Kier alpha value is -5.52. The van der Waals surface area contributed by atoms with E-state index in [0.717, 1.165) is 48.5 Å². The van der Waals surface area contributed by atoms with Gasteiger partial charge < -0.3 is 30.6 Å². The molecule has 6 N–H and O–H groups in total. The van der Waals surface area contributed by atoms with E-state index in [1.54, 1.807) is 0 Å². The molecule has 3 rings (SSSR count). The van der Waals surface area contributed by atoms with Crippen LogP contribution >= 0.6 is 0 Å². The minimum atomic E-state index is -1.77. The molecule has 36 heavy (non-hydrogen) atoms. The van der Waals surface area contributed by atoms with Gasteiger partial charge in [0.25, 0.3) is 0 Å². The lowest BCUT2D eigenvalue weighted by atomic mass is 9.87. The van der Waals surface area contributed by atoms with E-state index in [9.17, 15) is 59.4 Å². The predicted octanol–water partition coefficient (Wildman–Crippen LogP) is 3.21. The fourth-order valence-corrected chi connectivity index (χ4v) is 3.59. The normalized spacial score (nSPS) is 10.4. The molecule has 12 nitrogen and oxygen atoms in total. The fourth-order valence-electron chi connectivity index (χ4n) is 3.59. The molecule has 0 atom stereocenters. The Kier molecular flexibility index (Phi) is 6.54. The van der Waals surface area contributed by atoms with E-state index < -0.39 is 69.2 Å². The molecule has 0 aliphatic carbocycles. The van der Waals surface area contributed by atoms with Gasteiger partial charge in [-0.1, -0.05) is 12.1 Å². The predicted molar refractivity (Wildman–Crippen MR) is 119 cm³/mol. The SMILES string of the molecule is O=C(O)c1cc(C(=O)O)cc(-c2ccc(-c3cc(C(=O)O)cc(C(=O)O)c3)c(C(=O)O)c2C(=O)O)c1. The maximum Gasteiger partial charge on any atom is 0.337 e. The van der Waals surface area contributed by atoms with Crippen LogP contribution in [0.3, 0.4) is 0 Å². The molecule has 0 spiro atoms. The van der Waals surface area contributed by atoms with Crippen molar-refractivity contribution in [3.63, 3.8) is 0 Å². The van der Waals surface area contributed by atoms with Crippen molar-refractivity contribution in [3.8, 4) is 22.3 Å². The summed E-state index contributed by atoms with van der Waals surface area (Å²) >= 11 is 0. The highest BCUT2D eigenvalue weighted by atomic mass is 16.4. The summed E-state index contributed by atoms with van der Waals surface area (Å²) in [6.45, 7) is 0. The molecule has 12 heteroatoms. The third-order valence-electron chi connectivity index (χ3n) is 5.11. The molecule has 0 saturated carbocycles. The first-order chi connectivity index (χ1) is 16.8. The molecule has 0 aliphatic rings. The highest BCUT2D eigenvalue weighted by Crippen LogP contribution is 2.35. The Bertz CT molecular complexity index is 1320. The number of carboxylic acid groups (broad SMARTS) is 6. The molecule has 0 aromatic heterocycles. The summed E-state index contributed by atoms with van der Waals surface area (Å²) in [5.74, 6) is -9.60. The van der Waals surface area contributed by atoms with Gasteiger partial charge in [0.05, 0.1) is 33.4 Å². The zero-order valence-corrected chi connectivity index (χ0v) is 17.8. The first kappa shape index (κ1) is 25.1. The van der Waals surface area contributed by atoms with Gasteiger partial charge in [-0.25, -0.2) is 28.8 Å². The van der Waals surface area contributed by atoms with E-state index in [4.69, 9.17) is 0 Å². The Morgan fingerprint density at radius 2 is 0.639 bits per heavy atom. The number of rotatable bonds is 8. The third kappa shape index (κ3) is 4.72. The van der Waals surface area contributed by atoms with Crippen LogP contribution in [0.5, 0.6) is 0 Å². The van der Waals surface area contributed by atoms with Crippen molar-refractivity contribution in [1.29, 1.82) is 0 Å². The summed E-state index contributed by atoms with van der Waals surface area (Å²) in [7, 11) is 0. The zero-order chi connectivity index (χ0) is 26.9. The zero-order valence-electron chi connectivity index (χ0n) is 17.8. The monoisotopic (exact) mass is 494 g/mol. The second-order valence-corrected chi connectivity index (χ2v) is 7.34. The summed E-state index contributed by atoms with van der Waals surface area (Å²) < 4.78 is 0. The second-order valence-electron chi connectivity index (χ2n) is 7.34. The summed E-state index contributed by atoms with van der Waals surface area (Å²) in [6.07, 6.45) is 0. The summed E-state index contributed by atoms with van der Waals surface area (Å²) in [5.41, 5.74) is -4.79. The number of carbonyl (C=O) groups is 6. The van der Waals surface area contributed by atoms with Crippen LogP contribution in [-0.4, -0.2) is 66.5 Å². The van der Waals surface area contributed by atoms with E-state index in [1.165, 1.54) is 0 Å². The van der Waals surface area contributed by atoms with Crippen LogP contribution in [0.2, 0.25) is 0 Å². The lowest BCUT2D eigenvalue weighted by molar-refractivity contribution is 0.0652. The first-order valence-corrected chi connectivity index (χ1v) is 9.69. The maximum atomic E-state index is 12.2. The summed E-state index contributed by atoms with van der Waals surface area (Å²) in [4.78, 5) is 70.3. The largest absolute Gasteiger partial charge is 0.478 e. The summed E-state index contributed by atoms with van der Waals surface area (Å²) in [5, 5.41) is 57.0. The molecule has 3 aromatic carbocycles. The van der Waals surface area contributed by atoms with Crippen molar-refractivity contribution in [1.82, 2.24) is 0 Å². The van der Waals surface area contributed by atoms with E-state index in [-0.39, 0.29) is 22.3 Å². The van der Waals surface area contributed by atoms with Crippen LogP contribution in [0.25, 0.3) is 22.3 Å². The fraction of sp³-hybridized carbons (Fsp3) is 0. The van der Waals surface area contributed by atoms with Crippen molar-refractivity contribution >= 4 is 35.8 Å². The standard InChI is InChI=1S/C24H14O12/c25-19(26)11-3-9(4-12(7-11)20(27)28)15-1-2-16(18(24(35)36)17(15)23(33)34)10-5-13(21(29)30)8-14(6-10)22(31)32/h1-8H,(H,25,26)(H,27,28)(H,29,30)(H,31,32)(H,33,34)(H,35,36). The number of hydrogen-bond donors (Lipinski definition) is 6. The van der Waals surface area contributed by atoms with Crippen LogP contribution in [-0.2, 0) is 0 Å². The van der Waals surface area contributed by atoms with E-state index in [0.29, 0.717) is 0 Å². The number of aromatic carboxylic acids is 6. The van der Waals surface area contributed by atoms with Crippen molar-refractivity contribution in [3.05, 3.63) is 81.9 Å². The topological polar surface area (TPSA) is 224 Å². The average Bonchev–Trinajstić information content (AvgIpc) is 2.82. The minimum absolute atomic E-state index is 0.218. The van der Waals surface area contributed by atoms with Crippen molar-refractivity contribution in [2.45, 2.75) is 0 Å². The van der Waals surface area contributed by atoms with Gasteiger partial charge in [0.1, 0.15) is 0 Å². The Labute approximate surface area is 199 Å². The molecule has 0 bridgehead atoms. The molecular formula is C24H14O12. The molecule has 0 aliphatic heterocycles. The maximum absolute atomic E-state index is 12.2. The number of carboxylic acids is 6. The molecule has 0 amide bonds. The molecule has 0 saturated heterocycles. The molecule has 0 fully saturated rings. The molecule has 0 unspecified atom stereocenters. The average molecular weight is 494 g/mol. The molecule has 3 aromatic rings. The first-order valence-electron chi connectivity index (χ1n) is 9.69. The van der Waals surface area contributed by atoms with Crippen LogP contribution in [0.1, 0.15) is 62.1 Å². The van der Waals surface area contributed by atoms with Crippen molar-refractivity contribution < 1.29 is 59.4 Å². The van der Waals surface area contributed by atoms with Crippen LogP contribution in [0.4, 0.5) is 0 Å². The van der Waals surface area contributed by atoms with Gasteiger partial charge in [-0.05, 0) is 58.7 Å². The van der Waals surface area contributed by atoms with Gasteiger partial charge in [-0.15, -0.1) is 0 Å². The lowest BCUT2D eigenvalue weighted by Crippen LogP contribution is -2.13. The Balaban J connectivity index is 2.43. The number of benzene rings is 3. The summed E-state index contributed by atoms with van der Waals surface area (Å²) in [6, 6.07) is 7.73. The Morgan fingerprint density at radius 1 is 0.389 bits per heavy atom. The quantitative estimate of drug-likeness (QED) is 0.265. The minimum Gasteiger partial charge on any atom is -0.478 e. The van der Waals surface area contributed by atoms with E-state index in [2.05, 4.69) is 0 Å². The Morgan fingerprint density at radius 3 is 0.833 bits per heavy atom. The van der Waals surface area contributed by atoms with Crippen LogP contribution < -0.4 is 0 Å². The van der Waals surface area contributed by atoms with Gasteiger partial charge in [-0.3, -0.25) is 0 Å². The highest BCUT2D eigenvalue weighted by molar-refractivity contribution is 6.12. The number of hydrogen-bond acceptors (Lipinski definition) is 6. The van der Waals surface area contributed by atoms with Crippen molar-refractivity contribution in [2.75, 3.05) is 0 Å². The van der Waals surface area contributed by atoms with Gasteiger partial charge in [-0.2, -0.15) is 0 Å². The van der Waals surface area contributed by atoms with Crippen molar-refractivity contribution in [2.24, 2.45) is 0 Å². The second kappa shape index (κ2) is 9.38. The van der Waals surface area contributed by atoms with Gasteiger partial charge in [0, 0.05) is 0 Å². The third-order valence-corrected chi connectivity index (χ3v) is 5.11. The highest BCUT2D eigenvalue weighted by Gasteiger charge is 2.27.